The van der Waals surface area contributed by atoms with Crippen LogP contribution in [0.1, 0.15) is 10.4 Å². The van der Waals surface area contributed by atoms with Crippen molar-refractivity contribution in [1.29, 1.82) is 0 Å². The maximum absolute atomic E-state index is 11.9. The molecule has 0 saturated carbocycles. The molecule has 0 heterocycles. The van der Waals surface area contributed by atoms with Crippen LogP contribution >= 0.6 is 0 Å². The molecular formula is C13H8N2O6. The summed E-state index contributed by atoms with van der Waals surface area (Å²) in [6, 6.07) is 10.9. The Hall–Kier alpha value is -3.29. The summed E-state index contributed by atoms with van der Waals surface area (Å²) in [7, 11) is 0. The number of ether oxygens (including phenoxy) is 1. The number of carbonyl (C=O) groups excluding carboxylic acids is 1. The molecule has 0 bridgehead atoms. The van der Waals surface area contributed by atoms with Crippen molar-refractivity contribution in [2.75, 3.05) is 0 Å². The molecule has 2 aromatic carbocycles. The summed E-state index contributed by atoms with van der Waals surface area (Å²) in [6.07, 6.45) is 0. The van der Waals surface area contributed by atoms with E-state index in [1.165, 1.54) is 12.1 Å². The third-order valence-electron chi connectivity index (χ3n) is 2.57. The summed E-state index contributed by atoms with van der Waals surface area (Å²) in [5.41, 5.74) is -1.16. The standard InChI is InChI=1S/C13H8N2O6/c16-13(9-5-2-1-3-6-9)21-12-10(14(17)18)7-4-8-11(12)15(19)20/h1-8H. The van der Waals surface area contributed by atoms with Crippen molar-refractivity contribution in [2.24, 2.45) is 0 Å². The highest BCUT2D eigenvalue weighted by Crippen LogP contribution is 2.36. The number of hydrogen-bond donors (Lipinski definition) is 0. The zero-order valence-corrected chi connectivity index (χ0v) is 10.5. The van der Waals surface area contributed by atoms with Gasteiger partial charge in [0, 0.05) is 12.1 Å². The summed E-state index contributed by atoms with van der Waals surface area (Å²) in [5, 5.41) is 21.8. The Morgan fingerprint density at radius 1 is 0.857 bits per heavy atom. The van der Waals surface area contributed by atoms with E-state index in [0.717, 1.165) is 18.2 Å². The van der Waals surface area contributed by atoms with Crippen LogP contribution in [0.4, 0.5) is 11.4 Å². The SMILES string of the molecule is O=C(Oc1c([N+](=O)[O-])cccc1[N+](=O)[O-])c1ccccc1. The Morgan fingerprint density at radius 3 is 1.86 bits per heavy atom. The number of esters is 1. The monoisotopic (exact) mass is 288 g/mol. The van der Waals surface area contributed by atoms with Gasteiger partial charge in [-0.1, -0.05) is 18.2 Å². The Kier molecular flexibility index (Phi) is 3.89. The maximum Gasteiger partial charge on any atom is 0.344 e. The third kappa shape index (κ3) is 3.00. The quantitative estimate of drug-likeness (QED) is 0.370. The molecule has 0 aromatic heterocycles. The van der Waals surface area contributed by atoms with Crippen LogP contribution in [0.15, 0.2) is 48.5 Å². The van der Waals surface area contributed by atoms with Gasteiger partial charge >= 0.3 is 17.3 Å². The molecule has 0 radical (unpaired) electrons. The molecule has 106 valence electrons. The number of para-hydroxylation sites is 1. The number of benzene rings is 2. The molecule has 0 N–H and O–H groups in total. The predicted molar refractivity (Wildman–Crippen MR) is 71.2 cm³/mol. The zero-order valence-electron chi connectivity index (χ0n) is 10.5. The van der Waals surface area contributed by atoms with E-state index in [0.29, 0.717) is 0 Å². The fourth-order valence-corrected chi connectivity index (χ4v) is 1.63. The molecule has 0 saturated heterocycles. The van der Waals surface area contributed by atoms with Gasteiger partial charge in [-0.25, -0.2) is 4.79 Å². The number of nitro benzene ring substituents is 2. The fourth-order valence-electron chi connectivity index (χ4n) is 1.63. The van der Waals surface area contributed by atoms with Crippen molar-refractivity contribution in [1.82, 2.24) is 0 Å². The second-order valence-corrected chi connectivity index (χ2v) is 3.90. The van der Waals surface area contributed by atoms with Gasteiger partial charge in [0.05, 0.1) is 15.4 Å². The highest BCUT2D eigenvalue weighted by Gasteiger charge is 2.28. The number of rotatable bonds is 4. The van der Waals surface area contributed by atoms with Crippen molar-refractivity contribution < 1.29 is 19.4 Å². The van der Waals surface area contributed by atoms with E-state index < -0.39 is 32.9 Å². The minimum atomic E-state index is -0.909. The molecule has 2 aromatic rings. The normalized spacial score (nSPS) is 9.90. The Labute approximate surface area is 117 Å². The highest BCUT2D eigenvalue weighted by molar-refractivity contribution is 5.92. The van der Waals surface area contributed by atoms with E-state index in [9.17, 15) is 25.0 Å². The van der Waals surface area contributed by atoms with Crippen LogP contribution in [0, 0.1) is 20.2 Å². The average Bonchev–Trinajstić information content (AvgIpc) is 2.47. The number of hydrogen-bond acceptors (Lipinski definition) is 6. The summed E-state index contributed by atoms with van der Waals surface area (Å²) in [4.78, 5) is 32.0. The first-order chi connectivity index (χ1) is 10.0. The van der Waals surface area contributed by atoms with Gasteiger partial charge in [0.15, 0.2) is 0 Å². The second kappa shape index (κ2) is 5.78. The van der Waals surface area contributed by atoms with Gasteiger partial charge in [-0.15, -0.1) is 0 Å². The zero-order chi connectivity index (χ0) is 15.4. The topological polar surface area (TPSA) is 113 Å². The first-order valence-corrected chi connectivity index (χ1v) is 5.69. The van der Waals surface area contributed by atoms with E-state index >= 15 is 0 Å². The van der Waals surface area contributed by atoms with Gasteiger partial charge < -0.3 is 4.74 Å². The van der Waals surface area contributed by atoms with Crippen molar-refractivity contribution >= 4 is 17.3 Å². The van der Waals surface area contributed by atoms with Gasteiger partial charge in [0.25, 0.3) is 5.75 Å². The molecule has 21 heavy (non-hydrogen) atoms. The molecule has 0 spiro atoms. The van der Waals surface area contributed by atoms with Gasteiger partial charge in [-0.2, -0.15) is 0 Å². The van der Waals surface area contributed by atoms with Crippen LogP contribution in [0.25, 0.3) is 0 Å². The number of carbonyl (C=O) groups is 1. The Balaban J connectivity index is 2.45. The fraction of sp³-hybridized carbons (Fsp3) is 0. The summed E-state index contributed by atoms with van der Waals surface area (Å²) < 4.78 is 4.86. The Morgan fingerprint density at radius 2 is 1.38 bits per heavy atom. The van der Waals surface area contributed by atoms with E-state index in [2.05, 4.69) is 0 Å². The van der Waals surface area contributed by atoms with Gasteiger partial charge in [0.2, 0.25) is 0 Å². The number of nitrogens with zero attached hydrogens (tertiary/aromatic N) is 2. The first-order valence-electron chi connectivity index (χ1n) is 5.69. The van der Waals surface area contributed by atoms with E-state index in [4.69, 9.17) is 4.74 Å². The van der Waals surface area contributed by atoms with Crippen molar-refractivity contribution in [3.8, 4) is 5.75 Å². The largest absolute Gasteiger partial charge is 0.408 e. The van der Waals surface area contributed by atoms with Crippen molar-refractivity contribution in [3.63, 3.8) is 0 Å². The lowest BCUT2D eigenvalue weighted by molar-refractivity contribution is -0.395. The lowest BCUT2D eigenvalue weighted by Gasteiger charge is -2.05. The highest BCUT2D eigenvalue weighted by atomic mass is 16.6. The van der Waals surface area contributed by atoms with Crippen LogP contribution in [-0.2, 0) is 0 Å². The van der Waals surface area contributed by atoms with E-state index in [-0.39, 0.29) is 5.56 Å². The molecule has 2 rings (SSSR count). The molecule has 0 unspecified atom stereocenters. The number of nitro groups is 2. The molecule has 0 atom stereocenters. The van der Waals surface area contributed by atoms with Crippen LogP contribution in [0.2, 0.25) is 0 Å². The summed E-state index contributed by atoms with van der Waals surface area (Å²) >= 11 is 0. The molecule has 8 nitrogen and oxygen atoms in total. The summed E-state index contributed by atoms with van der Waals surface area (Å²) in [6.45, 7) is 0. The molecule has 0 fully saturated rings. The van der Waals surface area contributed by atoms with Crippen LogP contribution in [-0.4, -0.2) is 15.8 Å². The van der Waals surface area contributed by atoms with Crippen LogP contribution < -0.4 is 4.74 Å². The van der Waals surface area contributed by atoms with Gasteiger partial charge in [0.1, 0.15) is 0 Å². The lowest BCUT2D eigenvalue weighted by Crippen LogP contribution is -2.11. The van der Waals surface area contributed by atoms with Crippen LogP contribution in [0.5, 0.6) is 5.75 Å². The third-order valence-corrected chi connectivity index (χ3v) is 2.57. The molecule has 0 aliphatic heterocycles. The van der Waals surface area contributed by atoms with E-state index in [1.54, 1.807) is 18.2 Å². The molecular weight excluding hydrogens is 280 g/mol. The maximum atomic E-state index is 11.9. The van der Waals surface area contributed by atoms with Crippen molar-refractivity contribution in [3.05, 3.63) is 74.3 Å². The minimum Gasteiger partial charge on any atom is -0.408 e. The van der Waals surface area contributed by atoms with Gasteiger partial charge in [-0.3, -0.25) is 20.2 Å². The molecule has 0 aliphatic carbocycles. The first kappa shape index (κ1) is 14.1. The van der Waals surface area contributed by atoms with Crippen molar-refractivity contribution in [2.45, 2.75) is 0 Å². The molecule has 8 heteroatoms. The van der Waals surface area contributed by atoms with E-state index in [1.807, 2.05) is 0 Å². The van der Waals surface area contributed by atoms with Gasteiger partial charge in [-0.05, 0) is 18.2 Å². The molecule has 0 aliphatic rings. The average molecular weight is 288 g/mol. The second-order valence-electron chi connectivity index (χ2n) is 3.90. The minimum absolute atomic E-state index is 0.130. The smallest absolute Gasteiger partial charge is 0.344 e. The summed E-state index contributed by atoms with van der Waals surface area (Å²) in [5.74, 6) is -1.59. The Bertz CT molecular complexity index is 682. The predicted octanol–water partition coefficient (Wildman–Crippen LogP) is 2.72. The lowest BCUT2D eigenvalue weighted by atomic mass is 10.2. The van der Waals surface area contributed by atoms with Crippen LogP contribution in [0.3, 0.4) is 0 Å². The molecule has 0 amide bonds.